The lowest BCUT2D eigenvalue weighted by molar-refractivity contribution is -0.298. The molecule has 7 N–H and O–H groups in total. The number of rotatable bonds is 42. The van der Waals surface area contributed by atoms with E-state index in [-0.39, 0.29) is 6.42 Å². The highest BCUT2D eigenvalue weighted by atomic mass is 32.3. The Bertz CT molecular complexity index is 1160. The molecule has 1 heterocycles. The van der Waals surface area contributed by atoms with E-state index >= 15 is 0 Å². The minimum absolute atomic E-state index is 0.248. The third-order valence-electron chi connectivity index (χ3n) is 11.9. The van der Waals surface area contributed by atoms with E-state index in [1.807, 2.05) is 6.08 Å². The molecule has 14 heteroatoms. The molecule has 1 aliphatic heterocycles. The SMILES string of the molecule is CCCCCCCCCCC/C=C/C(O)C(COC1OC(CO)C(O)C(OS(=O)(=O)O)C1O)NC(=O)C(O)CCCCCCCCCCCCCCCCCCCCCCC. The first-order valence-corrected chi connectivity index (χ1v) is 26.0. The van der Waals surface area contributed by atoms with Crippen LogP contribution in [0.2, 0.25) is 0 Å². The molecule has 8 atom stereocenters. The van der Waals surface area contributed by atoms with Crippen LogP contribution in [-0.4, -0.2) is 107 Å². The number of unbranched alkanes of at least 4 members (excludes halogenated alkanes) is 29. The van der Waals surface area contributed by atoms with Crippen molar-refractivity contribution in [2.75, 3.05) is 13.2 Å². The zero-order chi connectivity index (χ0) is 45.0. The smallest absolute Gasteiger partial charge is 0.394 e. The first-order chi connectivity index (χ1) is 29.4. The van der Waals surface area contributed by atoms with Crippen molar-refractivity contribution in [1.29, 1.82) is 0 Å². The summed E-state index contributed by atoms with van der Waals surface area (Å²) >= 11 is 0. The van der Waals surface area contributed by atoms with Crippen molar-refractivity contribution < 1.29 is 57.0 Å². The Morgan fingerprint density at radius 3 is 1.48 bits per heavy atom. The normalized spacial score (nSPS) is 21.2. The molecule has 13 nitrogen and oxygen atoms in total. The summed E-state index contributed by atoms with van der Waals surface area (Å²) < 4.78 is 47.5. The summed E-state index contributed by atoms with van der Waals surface area (Å²) in [4.78, 5) is 13.1. The van der Waals surface area contributed by atoms with Gasteiger partial charge in [-0.25, -0.2) is 4.18 Å². The molecule has 1 rings (SSSR count). The zero-order valence-corrected chi connectivity index (χ0v) is 39.2. The van der Waals surface area contributed by atoms with Gasteiger partial charge in [0.05, 0.1) is 25.4 Å². The van der Waals surface area contributed by atoms with E-state index in [4.69, 9.17) is 9.47 Å². The first-order valence-electron chi connectivity index (χ1n) is 24.7. The van der Waals surface area contributed by atoms with Crippen LogP contribution in [0.25, 0.3) is 0 Å². The van der Waals surface area contributed by atoms with Crippen LogP contribution >= 0.6 is 0 Å². The van der Waals surface area contributed by atoms with Crippen molar-refractivity contribution in [1.82, 2.24) is 5.32 Å². The maximum Gasteiger partial charge on any atom is 0.397 e. The van der Waals surface area contributed by atoms with Gasteiger partial charge in [-0.05, 0) is 19.3 Å². The molecular formula is C47H91NO12S. The van der Waals surface area contributed by atoms with Crippen LogP contribution in [0.3, 0.4) is 0 Å². The van der Waals surface area contributed by atoms with E-state index in [0.717, 1.165) is 38.5 Å². The highest BCUT2D eigenvalue weighted by molar-refractivity contribution is 7.80. The van der Waals surface area contributed by atoms with Gasteiger partial charge in [0.1, 0.15) is 30.5 Å². The zero-order valence-electron chi connectivity index (χ0n) is 38.4. The lowest BCUT2D eigenvalue weighted by Crippen LogP contribution is -2.61. The minimum Gasteiger partial charge on any atom is -0.394 e. The van der Waals surface area contributed by atoms with Gasteiger partial charge in [-0.15, -0.1) is 0 Å². The molecule has 0 saturated carbocycles. The number of aliphatic hydroxyl groups is 5. The van der Waals surface area contributed by atoms with Crippen molar-refractivity contribution in [2.24, 2.45) is 0 Å². The van der Waals surface area contributed by atoms with Gasteiger partial charge in [0.2, 0.25) is 5.91 Å². The molecule has 1 saturated heterocycles. The fraction of sp³-hybridized carbons (Fsp3) is 0.936. The number of carbonyl (C=O) groups is 1. The van der Waals surface area contributed by atoms with E-state index in [9.17, 15) is 43.3 Å². The van der Waals surface area contributed by atoms with Crippen molar-refractivity contribution >= 4 is 16.3 Å². The van der Waals surface area contributed by atoms with Crippen LogP contribution in [0, 0.1) is 0 Å². The molecule has 362 valence electrons. The second-order valence-corrected chi connectivity index (χ2v) is 18.6. The molecule has 0 radical (unpaired) electrons. The second-order valence-electron chi connectivity index (χ2n) is 17.6. The van der Waals surface area contributed by atoms with E-state index in [0.29, 0.717) is 12.8 Å². The topological polar surface area (TPSA) is 212 Å². The minimum atomic E-state index is -5.11. The van der Waals surface area contributed by atoms with Gasteiger partial charge in [0, 0.05) is 0 Å². The molecule has 1 fully saturated rings. The monoisotopic (exact) mass is 894 g/mol. The summed E-state index contributed by atoms with van der Waals surface area (Å²) in [6.07, 6.45) is 30.2. The van der Waals surface area contributed by atoms with E-state index < -0.39 is 78.5 Å². The predicted molar refractivity (Wildman–Crippen MR) is 242 cm³/mol. The summed E-state index contributed by atoms with van der Waals surface area (Å²) in [6, 6.07) is -1.11. The highest BCUT2D eigenvalue weighted by Gasteiger charge is 2.48. The van der Waals surface area contributed by atoms with Crippen LogP contribution in [0.15, 0.2) is 12.2 Å². The lowest BCUT2D eigenvalue weighted by atomic mass is 9.99. The van der Waals surface area contributed by atoms with Gasteiger partial charge >= 0.3 is 10.4 Å². The molecule has 1 aliphatic rings. The van der Waals surface area contributed by atoms with Gasteiger partial charge in [0.15, 0.2) is 6.29 Å². The van der Waals surface area contributed by atoms with Crippen LogP contribution in [0.5, 0.6) is 0 Å². The summed E-state index contributed by atoms with van der Waals surface area (Å²) in [5.74, 6) is -0.700. The number of nitrogens with one attached hydrogen (secondary N) is 1. The number of amides is 1. The number of carbonyl (C=O) groups excluding carboxylic acids is 1. The van der Waals surface area contributed by atoms with Crippen LogP contribution in [0.4, 0.5) is 0 Å². The van der Waals surface area contributed by atoms with Gasteiger partial charge in [0.25, 0.3) is 0 Å². The number of aliphatic hydroxyl groups excluding tert-OH is 5. The molecule has 1 amide bonds. The molecule has 0 bridgehead atoms. The predicted octanol–water partition coefficient (Wildman–Crippen LogP) is 8.92. The van der Waals surface area contributed by atoms with Crippen LogP contribution < -0.4 is 5.32 Å². The Labute approximate surface area is 371 Å². The Hall–Kier alpha value is -1.20. The summed E-state index contributed by atoms with van der Waals surface area (Å²) in [5.41, 5.74) is 0. The summed E-state index contributed by atoms with van der Waals surface area (Å²) in [7, 11) is -5.11. The maximum absolute atomic E-state index is 13.1. The molecule has 0 aliphatic carbocycles. The lowest BCUT2D eigenvalue weighted by Gasteiger charge is -2.41. The molecule has 0 spiro atoms. The van der Waals surface area contributed by atoms with Crippen molar-refractivity contribution in [3.05, 3.63) is 12.2 Å². The molecule has 0 aromatic carbocycles. The largest absolute Gasteiger partial charge is 0.397 e. The number of hydrogen-bond acceptors (Lipinski definition) is 11. The average molecular weight is 894 g/mol. The molecular weight excluding hydrogens is 803 g/mol. The van der Waals surface area contributed by atoms with Gasteiger partial charge in [-0.1, -0.05) is 212 Å². The fourth-order valence-corrected chi connectivity index (χ4v) is 8.50. The Morgan fingerprint density at radius 2 is 1.07 bits per heavy atom. The van der Waals surface area contributed by atoms with Crippen molar-refractivity contribution in [3.63, 3.8) is 0 Å². The van der Waals surface area contributed by atoms with E-state index in [2.05, 4.69) is 23.3 Å². The number of allylic oxidation sites excluding steroid dienone is 1. The third-order valence-corrected chi connectivity index (χ3v) is 12.4. The summed E-state index contributed by atoms with van der Waals surface area (Å²) in [5, 5.41) is 55.2. The van der Waals surface area contributed by atoms with E-state index in [1.54, 1.807) is 0 Å². The quantitative estimate of drug-likeness (QED) is 0.0174. The van der Waals surface area contributed by atoms with Gasteiger partial charge in [-0.3, -0.25) is 9.35 Å². The molecule has 8 unspecified atom stereocenters. The fourth-order valence-electron chi connectivity index (χ4n) is 7.99. The van der Waals surface area contributed by atoms with Crippen LogP contribution in [0.1, 0.15) is 219 Å². The Balaban J connectivity index is 2.46. The number of hydrogen-bond donors (Lipinski definition) is 7. The molecule has 61 heavy (non-hydrogen) atoms. The van der Waals surface area contributed by atoms with Gasteiger partial charge in [-0.2, -0.15) is 8.42 Å². The highest BCUT2D eigenvalue weighted by Crippen LogP contribution is 2.26. The Morgan fingerprint density at radius 1 is 0.656 bits per heavy atom. The maximum atomic E-state index is 13.1. The van der Waals surface area contributed by atoms with Crippen molar-refractivity contribution in [2.45, 2.75) is 268 Å². The number of ether oxygens (including phenoxy) is 2. The summed E-state index contributed by atoms with van der Waals surface area (Å²) in [6.45, 7) is 3.21. The average Bonchev–Trinajstić information content (AvgIpc) is 3.23. The first kappa shape index (κ1) is 57.8. The second kappa shape index (κ2) is 38.1. The standard InChI is InChI=1S/C47H91NO12S/c1-3-5-7-9-11-13-15-16-17-18-19-20-21-22-23-24-26-28-30-32-34-36-41(51)46(54)48-39(40(50)35-33-31-29-27-25-14-12-10-8-6-4-2)38-58-47-44(53)45(60-61(55,56)57)43(52)42(37-49)59-47/h33,35,39-45,47,49-53H,3-32,34,36-38H2,1-2H3,(H,48,54)(H,55,56,57)/b35-33+. The van der Waals surface area contributed by atoms with Gasteiger partial charge < -0.3 is 40.3 Å². The van der Waals surface area contributed by atoms with Crippen molar-refractivity contribution in [3.8, 4) is 0 Å². The van der Waals surface area contributed by atoms with Crippen LogP contribution in [-0.2, 0) is 28.9 Å². The van der Waals surface area contributed by atoms with E-state index in [1.165, 1.54) is 154 Å². The Kier molecular flexibility index (Phi) is 36.1. The molecule has 0 aromatic rings. The molecule has 0 aromatic heterocycles. The third kappa shape index (κ3) is 30.6.